The number of carbonyl (C=O) groups is 2. The molecule has 1 N–H and O–H groups in total. The van der Waals surface area contributed by atoms with E-state index < -0.39 is 5.97 Å². The Morgan fingerprint density at radius 2 is 2.05 bits per heavy atom. The van der Waals surface area contributed by atoms with Crippen molar-refractivity contribution in [1.29, 1.82) is 0 Å². The highest BCUT2D eigenvalue weighted by Crippen LogP contribution is 2.17. The molecule has 0 aliphatic heterocycles. The monoisotopic (exact) mass is 316 g/mol. The van der Waals surface area contributed by atoms with Gasteiger partial charge < -0.3 is 10.1 Å². The van der Waals surface area contributed by atoms with Gasteiger partial charge >= 0.3 is 5.97 Å². The van der Waals surface area contributed by atoms with E-state index in [4.69, 9.17) is 0 Å². The third kappa shape index (κ3) is 2.68. The van der Waals surface area contributed by atoms with Gasteiger partial charge in [0, 0.05) is 6.20 Å². The van der Waals surface area contributed by atoms with Gasteiger partial charge in [0.25, 0.3) is 5.91 Å². The number of nitrogens with zero attached hydrogens (tertiary/aromatic N) is 3. The van der Waals surface area contributed by atoms with Gasteiger partial charge in [0.1, 0.15) is 4.88 Å². The molecule has 3 aromatic heterocycles. The van der Waals surface area contributed by atoms with Crippen molar-refractivity contribution in [3.05, 3.63) is 52.1 Å². The Bertz CT molecular complexity index is 839. The fourth-order valence-electron chi connectivity index (χ4n) is 1.93. The lowest BCUT2D eigenvalue weighted by Crippen LogP contribution is -2.23. The highest BCUT2D eigenvalue weighted by atomic mass is 32.1. The molecule has 0 atom stereocenters. The SMILES string of the molecule is COC(=O)c1ccc(C(=O)NCc2nnc3ccccn23)s1. The van der Waals surface area contributed by atoms with Gasteiger partial charge in [-0.05, 0) is 24.3 Å². The van der Waals surface area contributed by atoms with Crippen molar-refractivity contribution < 1.29 is 14.3 Å². The number of ether oxygens (including phenoxy) is 1. The Labute approximate surface area is 129 Å². The molecule has 0 fully saturated rings. The molecule has 0 spiro atoms. The predicted molar refractivity (Wildman–Crippen MR) is 79.8 cm³/mol. The fourth-order valence-corrected chi connectivity index (χ4v) is 2.77. The molecule has 0 saturated heterocycles. The molecule has 0 aliphatic carbocycles. The summed E-state index contributed by atoms with van der Waals surface area (Å²) in [6, 6.07) is 8.72. The maximum atomic E-state index is 12.1. The van der Waals surface area contributed by atoms with Crippen molar-refractivity contribution >= 4 is 28.9 Å². The number of hydrogen-bond donors (Lipinski definition) is 1. The molecule has 112 valence electrons. The van der Waals surface area contributed by atoms with Crippen molar-refractivity contribution in [3.63, 3.8) is 0 Å². The van der Waals surface area contributed by atoms with E-state index >= 15 is 0 Å². The van der Waals surface area contributed by atoms with E-state index in [-0.39, 0.29) is 12.5 Å². The standard InChI is InChI=1S/C14H12N4O3S/c1-21-14(20)10-6-5-9(22-10)13(19)15-8-12-17-16-11-4-2-3-7-18(11)12/h2-7H,8H2,1H3,(H,15,19). The van der Waals surface area contributed by atoms with Crippen LogP contribution >= 0.6 is 11.3 Å². The third-order valence-corrected chi connectivity index (χ3v) is 4.07. The quantitative estimate of drug-likeness (QED) is 0.737. The summed E-state index contributed by atoms with van der Waals surface area (Å²) in [5, 5.41) is 10.8. The highest BCUT2D eigenvalue weighted by molar-refractivity contribution is 7.15. The minimum absolute atomic E-state index is 0.246. The third-order valence-electron chi connectivity index (χ3n) is 3.01. The van der Waals surface area contributed by atoms with E-state index in [2.05, 4.69) is 20.3 Å². The Morgan fingerprint density at radius 1 is 1.23 bits per heavy atom. The van der Waals surface area contributed by atoms with Gasteiger partial charge in [-0.2, -0.15) is 0 Å². The molecule has 3 heterocycles. The highest BCUT2D eigenvalue weighted by Gasteiger charge is 2.14. The topological polar surface area (TPSA) is 85.6 Å². The first-order valence-corrected chi connectivity index (χ1v) is 7.25. The Hall–Kier alpha value is -2.74. The molecule has 0 bridgehead atoms. The summed E-state index contributed by atoms with van der Waals surface area (Å²) in [6.45, 7) is 0.246. The first-order chi connectivity index (χ1) is 10.7. The molecular formula is C14H12N4O3S. The summed E-state index contributed by atoms with van der Waals surface area (Å²) in [6.07, 6.45) is 1.83. The van der Waals surface area contributed by atoms with Gasteiger partial charge in [0.2, 0.25) is 0 Å². The molecule has 0 saturated carbocycles. The summed E-state index contributed by atoms with van der Waals surface area (Å²) < 4.78 is 6.41. The summed E-state index contributed by atoms with van der Waals surface area (Å²) in [5.74, 6) is -0.0889. The predicted octanol–water partition coefficient (Wildman–Crippen LogP) is 1.51. The lowest BCUT2D eigenvalue weighted by atomic mass is 10.4. The molecule has 0 aliphatic rings. The van der Waals surface area contributed by atoms with E-state index in [1.165, 1.54) is 7.11 Å². The minimum Gasteiger partial charge on any atom is -0.465 e. The van der Waals surface area contributed by atoms with E-state index in [1.54, 1.807) is 16.5 Å². The molecule has 22 heavy (non-hydrogen) atoms. The molecular weight excluding hydrogens is 304 g/mol. The lowest BCUT2D eigenvalue weighted by Gasteiger charge is -2.02. The molecule has 3 rings (SSSR count). The van der Waals surface area contributed by atoms with Crippen LogP contribution < -0.4 is 5.32 Å². The number of fused-ring (bicyclic) bond motifs is 1. The van der Waals surface area contributed by atoms with Crippen LogP contribution in [-0.2, 0) is 11.3 Å². The average molecular weight is 316 g/mol. The van der Waals surface area contributed by atoms with Crippen molar-refractivity contribution in [2.75, 3.05) is 7.11 Å². The second-order valence-electron chi connectivity index (χ2n) is 4.38. The average Bonchev–Trinajstić information content (AvgIpc) is 3.19. The van der Waals surface area contributed by atoms with Crippen LogP contribution in [0.3, 0.4) is 0 Å². The second-order valence-corrected chi connectivity index (χ2v) is 5.47. The van der Waals surface area contributed by atoms with Crippen LogP contribution in [0.4, 0.5) is 0 Å². The number of methoxy groups -OCH3 is 1. The molecule has 8 heteroatoms. The first kappa shape index (κ1) is 14.2. The van der Waals surface area contributed by atoms with Crippen LogP contribution in [0.2, 0.25) is 0 Å². The number of pyridine rings is 1. The van der Waals surface area contributed by atoms with Crippen LogP contribution in [0.1, 0.15) is 25.2 Å². The molecule has 1 amide bonds. The van der Waals surface area contributed by atoms with Crippen molar-refractivity contribution in [2.24, 2.45) is 0 Å². The van der Waals surface area contributed by atoms with Gasteiger partial charge in [0.05, 0.1) is 18.5 Å². The number of rotatable bonds is 4. The molecule has 3 aromatic rings. The maximum absolute atomic E-state index is 12.1. The van der Waals surface area contributed by atoms with Crippen LogP contribution in [0.25, 0.3) is 5.65 Å². The van der Waals surface area contributed by atoms with E-state index in [0.29, 0.717) is 15.6 Å². The van der Waals surface area contributed by atoms with Crippen molar-refractivity contribution in [2.45, 2.75) is 6.54 Å². The molecule has 7 nitrogen and oxygen atoms in total. The summed E-state index contributed by atoms with van der Waals surface area (Å²) >= 11 is 1.09. The largest absolute Gasteiger partial charge is 0.465 e. The van der Waals surface area contributed by atoms with Crippen LogP contribution in [0.15, 0.2) is 36.5 Å². The second kappa shape index (κ2) is 5.94. The van der Waals surface area contributed by atoms with Crippen molar-refractivity contribution in [1.82, 2.24) is 19.9 Å². The van der Waals surface area contributed by atoms with Crippen LogP contribution in [0, 0.1) is 0 Å². The number of esters is 1. The van der Waals surface area contributed by atoms with Gasteiger partial charge in [-0.15, -0.1) is 21.5 Å². The summed E-state index contributed by atoms with van der Waals surface area (Å²) in [4.78, 5) is 24.3. The normalized spacial score (nSPS) is 10.6. The number of carbonyl (C=O) groups excluding carboxylic acids is 2. The smallest absolute Gasteiger partial charge is 0.348 e. The fraction of sp³-hybridized carbons (Fsp3) is 0.143. The zero-order valence-electron chi connectivity index (χ0n) is 11.6. The van der Waals surface area contributed by atoms with Gasteiger partial charge in [-0.3, -0.25) is 9.20 Å². The molecule has 0 radical (unpaired) electrons. The van der Waals surface area contributed by atoms with Gasteiger partial charge in [0.15, 0.2) is 11.5 Å². The molecule has 0 aromatic carbocycles. The summed E-state index contributed by atoms with van der Waals surface area (Å²) in [7, 11) is 1.30. The number of aromatic nitrogens is 3. The number of thiophene rings is 1. The maximum Gasteiger partial charge on any atom is 0.348 e. The lowest BCUT2D eigenvalue weighted by molar-refractivity contribution is 0.0606. The van der Waals surface area contributed by atoms with Gasteiger partial charge in [-0.25, -0.2) is 4.79 Å². The number of nitrogens with one attached hydrogen (secondary N) is 1. The Balaban J connectivity index is 1.70. The van der Waals surface area contributed by atoms with E-state index in [1.807, 2.05) is 24.4 Å². The zero-order chi connectivity index (χ0) is 15.5. The summed E-state index contributed by atoms with van der Waals surface area (Å²) in [5.41, 5.74) is 0.718. The Morgan fingerprint density at radius 3 is 2.86 bits per heavy atom. The van der Waals surface area contributed by atoms with Crippen LogP contribution in [-0.4, -0.2) is 33.6 Å². The number of amides is 1. The minimum atomic E-state index is -0.451. The van der Waals surface area contributed by atoms with Gasteiger partial charge in [-0.1, -0.05) is 6.07 Å². The van der Waals surface area contributed by atoms with Crippen LogP contribution in [0.5, 0.6) is 0 Å². The zero-order valence-corrected chi connectivity index (χ0v) is 12.5. The van der Waals surface area contributed by atoms with E-state index in [9.17, 15) is 9.59 Å². The first-order valence-electron chi connectivity index (χ1n) is 6.44. The van der Waals surface area contributed by atoms with E-state index in [0.717, 1.165) is 17.0 Å². The Kier molecular flexibility index (Phi) is 3.84. The number of hydrogen-bond acceptors (Lipinski definition) is 6. The van der Waals surface area contributed by atoms with Crippen molar-refractivity contribution in [3.8, 4) is 0 Å². The molecule has 0 unspecified atom stereocenters.